The lowest BCUT2D eigenvalue weighted by Gasteiger charge is -2.29. The minimum atomic E-state index is -1.06. The summed E-state index contributed by atoms with van der Waals surface area (Å²) in [6.45, 7) is 4.28. The highest BCUT2D eigenvalue weighted by Crippen LogP contribution is 2.10. The lowest BCUT2D eigenvalue weighted by molar-refractivity contribution is 0.0593. The van der Waals surface area contributed by atoms with E-state index in [1.54, 1.807) is 0 Å². The molecule has 90 valence electrons. The van der Waals surface area contributed by atoms with E-state index >= 15 is 0 Å². The van der Waals surface area contributed by atoms with Crippen LogP contribution in [0.15, 0.2) is 0 Å². The van der Waals surface area contributed by atoms with Crippen molar-refractivity contribution in [2.24, 2.45) is 0 Å². The molecule has 7 heteroatoms. The van der Waals surface area contributed by atoms with Crippen molar-refractivity contribution in [2.75, 3.05) is 39.4 Å². The van der Waals surface area contributed by atoms with E-state index in [4.69, 9.17) is 9.47 Å². The average Bonchev–Trinajstić information content (AvgIpc) is 2.30. The maximum atomic E-state index is 11.9. The lowest BCUT2D eigenvalue weighted by atomic mass is 10.5. The molecule has 0 spiro atoms. The van der Waals surface area contributed by atoms with Gasteiger partial charge in [-0.3, -0.25) is 4.21 Å². The monoisotopic (exact) mass is 254 g/mol. The molecule has 0 saturated carbocycles. The molecule has 0 bridgehead atoms. The maximum absolute atomic E-state index is 11.9. The van der Waals surface area contributed by atoms with Gasteiger partial charge in [0.2, 0.25) is 0 Å². The van der Waals surface area contributed by atoms with Crippen molar-refractivity contribution in [3.05, 3.63) is 0 Å². The molecule has 0 aromatic rings. The summed E-state index contributed by atoms with van der Waals surface area (Å²) in [5, 5.41) is 6.32. The summed E-state index contributed by atoms with van der Waals surface area (Å²) in [6, 6.07) is 0. The molecule has 5 nitrogen and oxygen atoms in total. The van der Waals surface area contributed by atoms with Crippen molar-refractivity contribution in [1.82, 2.24) is 10.6 Å². The largest absolute Gasteiger partial charge is 0.362 e. The Morgan fingerprint density at radius 1 is 1.00 bits per heavy atom. The molecule has 2 aliphatic rings. The first-order valence-corrected chi connectivity index (χ1v) is 6.19. The number of hydrogen-bond donors (Lipinski definition) is 2. The van der Waals surface area contributed by atoms with Gasteiger partial charge in [0.05, 0.1) is 24.0 Å². The van der Waals surface area contributed by atoms with E-state index < -0.39 is 10.8 Å². The van der Waals surface area contributed by atoms with E-state index in [9.17, 15) is 4.21 Å². The predicted molar refractivity (Wildman–Crippen MR) is 63.7 cm³/mol. The van der Waals surface area contributed by atoms with Crippen molar-refractivity contribution >= 4 is 24.3 Å². The summed E-state index contributed by atoms with van der Waals surface area (Å²) in [6.07, 6.45) is 0. The smallest absolute Gasteiger partial charge is 0.147 e. The molecule has 0 aromatic carbocycles. The van der Waals surface area contributed by atoms with Crippen LogP contribution in [0.2, 0.25) is 0 Å². The van der Waals surface area contributed by atoms with Crippen LogP contribution in [0, 0.1) is 0 Å². The molecule has 2 rings (SSSR count). The van der Waals surface area contributed by atoms with Crippen molar-refractivity contribution in [1.29, 1.82) is 0 Å². The van der Waals surface area contributed by atoms with E-state index in [1.165, 1.54) is 0 Å². The van der Waals surface area contributed by atoms with Crippen molar-refractivity contribution < 1.29 is 13.7 Å². The van der Waals surface area contributed by atoms with E-state index in [0.717, 1.165) is 13.1 Å². The maximum Gasteiger partial charge on any atom is 0.147 e. The Bertz CT molecular complexity index is 186. The molecule has 15 heavy (non-hydrogen) atoms. The van der Waals surface area contributed by atoms with Gasteiger partial charge in [-0.15, -0.1) is 0 Å². The number of hydrogen-bond acceptors (Lipinski definition) is 5. The lowest BCUT2D eigenvalue weighted by Crippen LogP contribution is -2.48. The van der Waals surface area contributed by atoms with Gasteiger partial charge in [-0.05, 0) is 0 Å². The van der Waals surface area contributed by atoms with Gasteiger partial charge in [-0.25, -0.2) is 0 Å². The summed E-state index contributed by atoms with van der Waals surface area (Å²) >= 11 is 0. The Morgan fingerprint density at radius 2 is 1.47 bits per heavy atom. The minimum Gasteiger partial charge on any atom is -0.362 e. The van der Waals surface area contributed by atoms with Gasteiger partial charge in [0.25, 0.3) is 0 Å². The fourth-order valence-corrected chi connectivity index (χ4v) is 2.91. The standard InChI is InChI=1S/C8H16N2O3S.H2S/c11-14(7-5-9-1-3-12-7)8-6-10-2-4-13-8;/h7-10H,1-6H2;1H2. The molecule has 2 saturated heterocycles. The molecular formula is C8H18N2O3S2. The van der Waals surface area contributed by atoms with Crippen molar-refractivity contribution in [2.45, 2.75) is 10.9 Å². The van der Waals surface area contributed by atoms with Crippen LogP contribution >= 0.6 is 13.5 Å². The Balaban J connectivity index is 0.00000112. The molecule has 2 unspecified atom stereocenters. The molecule has 2 fully saturated rings. The minimum absolute atomic E-state index is 0. The first-order valence-electron chi connectivity index (χ1n) is 4.92. The number of rotatable bonds is 2. The zero-order chi connectivity index (χ0) is 9.80. The van der Waals surface area contributed by atoms with Crippen LogP contribution < -0.4 is 10.6 Å². The van der Waals surface area contributed by atoms with Crippen LogP contribution in [0.4, 0.5) is 0 Å². The molecular weight excluding hydrogens is 236 g/mol. The van der Waals surface area contributed by atoms with Gasteiger partial charge in [0.15, 0.2) is 0 Å². The number of nitrogens with one attached hydrogen (secondary N) is 2. The van der Waals surface area contributed by atoms with Gasteiger partial charge in [-0.2, -0.15) is 13.5 Å². The third kappa shape index (κ3) is 3.69. The third-order valence-electron chi connectivity index (χ3n) is 2.31. The third-order valence-corrected chi connectivity index (χ3v) is 3.95. The molecule has 2 aliphatic heterocycles. The van der Waals surface area contributed by atoms with Crippen LogP contribution in [-0.4, -0.2) is 54.5 Å². The second-order valence-electron chi connectivity index (χ2n) is 3.34. The molecule has 2 atom stereocenters. The summed E-state index contributed by atoms with van der Waals surface area (Å²) in [4.78, 5) is 0. The first kappa shape index (κ1) is 13.4. The summed E-state index contributed by atoms with van der Waals surface area (Å²) in [5.74, 6) is 0. The molecule has 0 amide bonds. The summed E-state index contributed by atoms with van der Waals surface area (Å²) in [7, 11) is -1.06. The summed E-state index contributed by atoms with van der Waals surface area (Å²) in [5.41, 5.74) is -0.428. The predicted octanol–water partition coefficient (Wildman–Crippen LogP) is -1.26. The fraction of sp³-hybridized carbons (Fsp3) is 1.00. The zero-order valence-corrected chi connectivity index (χ0v) is 10.3. The van der Waals surface area contributed by atoms with E-state index in [2.05, 4.69) is 10.6 Å². The van der Waals surface area contributed by atoms with E-state index in [-0.39, 0.29) is 24.4 Å². The fourth-order valence-electron chi connectivity index (χ4n) is 1.55. The van der Waals surface area contributed by atoms with Crippen LogP contribution in [-0.2, 0) is 20.3 Å². The van der Waals surface area contributed by atoms with Crippen LogP contribution in [0.5, 0.6) is 0 Å². The topological polar surface area (TPSA) is 59.6 Å². The van der Waals surface area contributed by atoms with Gasteiger partial charge in [-0.1, -0.05) is 0 Å². The average molecular weight is 254 g/mol. The Hall–Kier alpha value is 0.340. The van der Waals surface area contributed by atoms with E-state index in [1.807, 2.05) is 0 Å². The summed E-state index contributed by atoms with van der Waals surface area (Å²) < 4.78 is 22.8. The second-order valence-corrected chi connectivity index (χ2v) is 5.05. The van der Waals surface area contributed by atoms with Gasteiger partial charge in [0, 0.05) is 26.2 Å². The molecule has 0 aromatic heterocycles. The van der Waals surface area contributed by atoms with Gasteiger partial charge < -0.3 is 20.1 Å². The SMILES string of the molecule is O=S(C1CNCCO1)C1CNCCO1.S. The number of ether oxygens (including phenoxy) is 2. The van der Waals surface area contributed by atoms with Crippen LogP contribution in [0.25, 0.3) is 0 Å². The Morgan fingerprint density at radius 3 is 1.80 bits per heavy atom. The Kier molecular flexibility index (Phi) is 6.10. The molecule has 0 radical (unpaired) electrons. The molecule has 2 heterocycles. The highest BCUT2D eigenvalue weighted by molar-refractivity contribution is 7.86. The zero-order valence-electron chi connectivity index (χ0n) is 8.53. The van der Waals surface area contributed by atoms with Crippen LogP contribution in [0.1, 0.15) is 0 Å². The normalized spacial score (nSPS) is 34.1. The van der Waals surface area contributed by atoms with Crippen molar-refractivity contribution in [3.63, 3.8) is 0 Å². The molecule has 0 aliphatic carbocycles. The second kappa shape index (κ2) is 6.82. The Labute approximate surface area is 99.2 Å². The quantitative estimate of drug-likeness (QED) is 0.644. The number of morpholine rings is 2. The van der Waals surface area contributed by atoms with Gasteiger partial charge >= 0.3 is 0 Å². The molecule has 2 N–H and O–H groups in total. The van der Waals surface area contributed by atoms with Gasteiger partial charge in [0.1, 0.15) is 10.9 Å². The van der Waals surface area contributed by atoms with E-state index in [0.29, 0.717) is 26.3 Å². The van der Waals surface area contributed by atoms with Crippen molar-refractivity contribution in [3.8, 4) is 0 Å². The highest BCUT2D eigenvalue weighted by atomic mass is 32.2. The highest BCUT2D eigenvalue weighted by Gasteiger charge is 2.29. The van der Waals surface area contributed by atoms with Crippen LogP contribution in [0.3, 0.4) is 0 Å². The first-order chi connectivity index (χ1) is 6.88.